The highest BCUT2D eigenvalue weighted by Crippen LogP contribution is 2.17. The van der Waals surface area contributed by atoms with Gasteiger partial charge in [-0.1, -0.05) is 25.1 Å². The molecule has 0 saturated heterocycles. The lowest BCUT2D eigenvalue weighted by atomic mass is 10.0. The van der Waals surface area contributed by atoms with Crippen molar-refractivity contribution in [1.29, 1.82) is 0 Å². The van der Waals surface area contributed by atoms with Gasteiger partial charge in [-0.15, -0.1) is 23.2 Å². The second-order valence-electron chi connectivity index (χ2n) is 3.38. The molecular formula is C12H16Cl2. The smallest absolute Gasteiger partial charge is 0.0476 e. The molecule has 0 bridgehead atoms. The molecule has 0 heterocycles. The van der Waals surface area contributed by atoms with Crippen molar-refractivity contribution in [3.63, 3.8) is 0 Å². The highest BCUT2D eigenvalue weighted by Gasteiger charge is 2.02. The number of halogens is 2. The van der Waals surface area contributed by atoms with Crippen LogP contribution in [0.5, 0.6) is 0 Å². The summed E-state index contributed by atoms with van der Waals surface area (Å²) in [5.41, 5.74) is 3.98. The van der Waals surface area contributed by atoms with E-state index in [1.54, 1.807) is 0 Å². The molecule has 0 N–H and O–H groups in total. The summed E-state index contributed by atoms with van der Waals surface area (Å²) in [5.74, 6) is 1.32. The van der Waals surface area contributed by atoms with Crippen LogP contribution in [0.1, 0.15) is 30.0 Å². The van der Waals surface area contributed by atoms with Crippen LogP contribution in [0.25, 0.3) is 0 Å². The highest BCUT2D eigenvalue weighted by molar-refractivity contribution is 6.18. The molecule has 2 heteroatoms. The summed E-state index contributed by atoms with van der Waals surface area (Å²) >= 11 is 11.6. The predicted molar refractivity (Wildman–Crippen MR) is 64.4 cm³/mol. The predicted octanol–water partition coefficient (Wildman–Crippen LogP) is 4.16. The first kappa shape index (κ1) is 11.9. The lowest BCUT2D eigenvalue weighted by Gasteiger charge is -2.08. The van der Waals surface area contributed by atoms with E-state index >= 15 is 0 Å². The maximum absolute atomic E-state index is 5.87. The molecule has 0 radical (unpaired) electrons. The normalized spacial score (nSPS) is 10.5. The van der Waals surface area contributed by atoms with Crippen molar-refractivity contribution < 1.29 is 0 Å². The lowest BCUT2D eigenvalue weighted by molar-refractivity contribution is 0.912. The Balaban J connectivity index is 2.84. The first-order valence-corrected chi connectivity index (χ1v) is 6.11. The average molecular weight is 231 g/mol. The Morgan fingerprint density at radius 2 is 1.93 bits per heavy atom. The standard InChI is InChI=1S/C12H16Cl2/c1-2-10-5-6-12(9-14)11(8-10)4-3-7-13/h5-6,8H,2-4,7,9H2,1H3. The summed E-state index contributed by atoms with van der Waals surface area (Å²) < 4.78 is 0. The minimum Gasteiger partial charge on any atom is -0.127 e. The van der Waals surface area contributed by atoms with Crippen LogP contribution < -0.4 is 0 Å². The van der Waals surface area contributed by atoms with E-state index in [4.69, 9.17) is 23.2 Å². The van der Waals surface area contributed by atoms with Crippen LogP contribution in [0.4, 0.5) is 0 Å². The first-order valence-electron chi connectivity index (χ1n) is 5.04. The molecule has 0 atom stereocenters. The van der Waals surface area contributed by atoms with E-state index in [1.807, 2.05) is 0 Å². The second kappa shape index (κ2) is 6.31. The SMILES string of the molecule is CCc1ccc(CCl)c(CCCCl)c1. The first-order chi connectivity index (χ1) is 6.81. The van der Waals surface area contributed by atoms with Crippen molar-refractivity contribution >= 4 is 23.2 Å². The van der Waals surface area contributed by atoms with Gasteiger partial charge >= 0.3 is 0 Å². The van der Waals surface area contributed by atoms with Crippen molar-refractivity contribution in [2.45, 2.75) is 32.1 Å². The largest absolute Gasteiger partial charge is 0.127 e. The molecule has 0 nitrogen and oxygen atoms in total. The number of benzene rings is 1. The molecule has 0 aliphatic carbocycles. The molecule has 0 aromatic heterocycles. The van der Waals surface area contributed by atoms with E-state index in [0.29, 0.717) is 5.88 Å². The highest BCUT2D eigenvalue weighted by atomic mass is 35.5. The zero-order valence-corrected chi connectivity index (χ0v) is 10.0. The third-order valence-electron chi connectivity index (χ3n) is 2.40. The summed E-state index contributed by atoms with van der Waals surface area (Å²) in [5, 5.41) is 0. The zero-order valence-electron chi connectivity index (χ0n) is 8.52. The van der Waals surface area contributed by atoms with Gasteiger partial charge in [-0.05, 0) is 36.0 Å². The van der Waals surface area contributed by atoms with Crippen LogP contribution in [0.3, 0.4) is 0 Å². The van der Waals surface area contributed by atoms with Crippen molar-refractivity contribution in [3.05, 3.63) is 34.9 Å². The summed E-state index contributed by atoms with van der Waals surface area (Å²) in [6.07, 6.45) is 3.15. The number of alkyl halides is 2. The Bertz CT molecular complexity index is 282. The molecule has 0 fully saturated rings. The Hall–Kier alpha value is -0.200. The van der Waals surface area contributed by atoms with Gasteiger partial charge in [0.15, 0.2) is 0 Å². The van der Waals surface area contributed by atoms with Crippen molar-refractivity contribution in [2.24, 2.45) is 0 Å². The Morgan fingerprint density at radius 3 is 2.50 bits per heavy atom. The third-order valence-corrected chi connectivity index (χ3v) is 2.96. The van der Waals surface area contributed by atoms with Gasteiger partial charge in [0.05, 0.1) is 0 Å². The topological polar surface area (TPSA) is 0 Å². The summed E-state index contributed by atoms with van der Waals surface area (Å²) in [4.78, 5) is 0. The Labute approximate surface area is 96.2 Å². The van der Waals surface area contributed by atoms with Gasteiger partial charge in [-0.3, -0.25) is 0 Å². The summed E-state index contributed by atoms with van der Waals surface area (Å²) in [7, 11) is 0. The van der Waals surface area contributed by atoms with Gasteiger partial charge in [0.2, 0.25) is 0 Å². The Kier molecular flexibility index (Phi) is 5.36. The fraction of sp³-hybridized carbons (Fsp3) is 0.500. The molecule has 1 aromatic rings. The van der Waals surface area contributed by atoms with E-state index in [-0.39, 0.29) is 0 Å². The van der Waals surface area contributed by atoms with Crippen LogP contribution in [0.15, 0.2) is 18.2 Å². The third kappa shape index (κ3) is 3.18. The van der Waals surface area contributed by atoms with Crippen LogP contribution in [0, 0.1) is 0 Å². The zero-order chi connectivity index (χ0) is 10.4. The molecule has 0 spiro atoms. The maximum Gasteiger partial charge on any atom is 0.0476 e. The van der Waals surface area contributed by atoms with Gasteiger partial charge in [-0.2, -0.15) is 0 Å². The Morgan fingerprint density at radius 1 is 1.14 bits per heavy atom. The van der Waals surface area contributed by atoms with Gasteiger partial charge in [0.25, 0.3) is 0 Å². The van der Waals surface area contributed by atoms with Gasteiger partial charge < -0.3 is 0 Å². The number of hydrogen-bond acceptors (Lipinski definition) is 0. The molecule has 1 aromatic carbocycles. The van der Waals surface area contributed by atoms with Crippen molar-refractivity contribution in [3.8, 4) is 0 Å². The van der Waals surface area contributed by atoms with Gasteiger partial charge in [0.1, 0.15) is 0 Å². The molecule has 0 aliphatic heterocycles. The molecule has 0 unspecified atom stereocenters. The van der Waals surface area contributed by atoms with Crippen LogP contribution in [-0.2, 0) is 18.7 Å². The molecule has 14 heavy (non-hydrogen) atoms. The monoisotopic (exact) mass is 230 g/mol. The van der Waals surface area contributed by atoms with Crippen molar-refractivity contribution in [1.82, 2.24) is 0 Å². The summed E-state index contributed by atoms with van der Waals surface area (Å²) in [6.45, 7) is 2.17. The lowest BCUT2D eigenvalue weighted by Crippen LogP contribution is -1.95. The fourth-order valence-electron chi connectivity index (χ4n) is 1.52. The minimum absolute atomic E-state index is 0.599. The molecule has 0 aliphatic rings. The molecule has 1 rings (SSSR count). The van der Waals surface area contributed by atoms with E-state index < -0.39 is 0 Å². The van der Waals surface area contributed by atoms with Gasteiger partial charge in [-0.25, -0.2) is 0 Å². The number of rotatable bonds is 5. The minimum atomic E-state index is 0.599. The molecular weight excluding hydrogens is 215 g/mol. The maximum atomic E-state index is 5.87. The van der Waals surface area contributed by atoms with E-state index in [1.165, 1.54) is 16.7 Å². The van der Waals surface area contributed by atoms with E-state index in [9.17, 15) is 0 Å². The average Bonchev–Trinajstić information content (AvgIpc) is 2.25. The van der Waals surface area contributed by atoms with Crippen molar-refractivity contribution in [2.75, 3.05) is 5.88 Å². The van der Waals surface area contributed by atoms with Gasteiger partial charge in [0, 0.05) is 11.8 Å². The quantitative estimate of drug-likeness (QED) is 0.667. The van der Waals surface area contributed by atoms with Crippen LogP contribution in [-0.4, -0.2) is 5.88 Å². The van der Waals surface area contributed by atoms with Crippen LogP contribution >= 0.6 is 23.2 Å². The molecule has 0 saturated carbocycles. The number of aryl methyl sites for hydroxylation is 2. The molecule has 0 amide bonds. The molecule has 78 valence electrons. The van der Waals surface area contributed by atoms with E-state index in [0.717, 1.165) is 25.1 Å². The van der Waals surface area contributed by atoms with Crippen LogP contribution in [0.2, 0.25) is 0 Å². The second-order valence-corrected chi connectivity index (χ2v) is 4.03. The number of hydrogen-bond donors (Lipinski definition) is 0. The fourth-order valence-corrected chi connectivity index (χ4v) is 1.91. The summed E-state index contributed by atoms with van der Waals surface area (Å²) in [6, 6.07) is 6.54. The van der Waals surface area contributed by atoms with E-state index in [2.05, 4.69) is 25.1 Å².